The van der Waals surface area contributed by atoms with Crippen LogP contribution in [-0.2, 0) is 6.54 Å². The third kappa shape index (κ3) is 2.99. The van der Waals surface area contributed by atoms with Crippen LogP contribution in [0, 0.1) is 6.92 Å². The number of aromatic amines is 1. The van der Waals surface area contributed by atoms with Crippen molar-refractivity contribution in [3.63, 3.8) is 0 Å². The van der Waals surface area contributed by atoms with Crippen LogP contribution in [0.3, 0.4) is 0 Å². The molecule has 0 aromatic carbocycles. The van der Waals surface area contributed by atoms with Crippen molar-refractivity contribution >= 4 is 23.1 Å². The fraction of sp³-hybridized carbons (Fsp3) is 0.538. The Bertz CT molecular complexity index is 616. The topological polar surface area (TPSA) is 76.7 Å². The summed E-state index contributed by atoms with van der Waals surface area (Å²) in [6.45, 7) is 6.72. The average Bonchev–Trinajstić information content (AvgIpc) is 3.01. The lowest BCUT2D eigenvalue weighted by Gasteiger charge is -2.21. The normalized spacial score (nSPS) is 14.4. The predicted octanol–water partition coefficient (Wildman–Crippen LogP) is 2.53. The summed E-state index contributed by atoms with van der Waals surface area (Å²) in [4.78, 5) is 12.9. The molecule has 2 rings (SSSR count). The summed E-state index contributed by atoms with van der Waals surface area (Å²) in [5, 5.41) is 9.54. The van der Waals surface area contributed by atoms with Crippen LogP contribution in [0.5, 0.6) is 0 Å². The van der Waals surface area contributed by atoms with Crippen molar-refractivity contribution in [2.75, 3.05) is 0 Å². The van der Waals surface area contributed by atoms with Crippen LogP contribution in [0.15, 0.2) is 21.4 Å². The van der Waals surface area contributed by atoms with Crippen molar-refractivity contribution in [2.24, 2.45) is 5.73 Å². The highest BCUT2D eigenvalue weighted by molar-refractivity contribution is 7.99. The average molecular weight is 312 g/mol. The molecule has 0 saturated heterocycles. The number of hydrogen-bond donors (Lipinski definition) is 2. The Labute approximate surface area is 126 Å². The van der Waals surface area contributed by atoms with E-state index in [-0.39, 0.29) is 17.0 Å². The number of thioether (sulfide) groups is 1. The van der Waals surface area contributed by atoms with Gasteiger partial charge in [-0.15, -0.1) is 16.4 Å². The minimum absolute atomic E-state index is 0.0365. The lowest BCUT2D eigenvalue weighted by atomic mass is 10.1. The van der Waals surface area contributed by atoms with Gasteiger partial charge in [-0.05, 0) is 37.3 Å². The van der Waals surface area contributed by atoms with Gasteiger partial charge >= 0.3 is 5.69 Å². The Morgan fingerprint density at radius 3 is 2.85 bits per heavy atom. The number of aromatic nitrogens is 3. The quantitative estimate of drug-likeness (QED) is 0.804. The number of nitrogens with two attached hydrogens (primary N) is 1. The Hall–Kier alpha value is -1.05. The van der Waals surface area contributed by atoms with E-state index >= 15 is 0 Å². The van der Waals surface area contributed by atoms with E-state index in [0.29, 0.717) is 11.7 Å². The lowest BCUT2D eigenvalue weighted by Crippen LogP contribution is -2.26. The molecule has 0 bridgehead atoms. The van der Waals surface area contributed by atoms with E-state index in [1.807, 2.05) is 6.92 Å². The molecule has 20 heavy (non-hydrogen) atoms. The van der Waals surface area contributed by atoms with Gasteiger partial charge in [0, 0.05) is 17.5 Å². The summed E-state index contributed by atoms with van der Waals surface area (Å²) in [5.74, 6) is 0. The largest absolute Gasteiger partial charge is 0.343 e. The van der Waals surface area contributed by atoms with Crippen LogP contribution in [-0.4, -0.2) is 20.8 Å². The molecular weight excluding hydrogens is 292 g/mol. The summed E-state index contributed by atoms with van der Waals surface area (Å²) in [5.41, 5.74) is 7.37. The first-order chi connectivity index (χ1) is 9.58. The van der Waals surface area contributed by atoms with Gasteiger partial charge < -0.3 is 5.73 Å². The minimum atomic E-state index is -0.165. The molecule has 0 aliphatic rings. The van der Waals surface area contributed by atoms with E-state index in [1.54, 1.807) is 27.7 Å². The van der Waals surface area contributed by atoms with Crippen molar-refractivity contribution in [3.05, 3.63) is 32.4 Å². The second-order valence-corrected chi connectivity index (χ2v) is 6.69. The summed E-state index contributed by atoms with van der Waals surface area (Å²) in [6, 6.07) is 2.14. The highest BCUT2D eigenvalue weighted by Gasteiger charge is 2.25. The van der Waals surface area contributed by atoms with Crippen LogP contribution in [0.25, 0.3) is 0 Å². The molecule has 2 unspecified atom stereocenters. The number of hydrogen-bond acceptors (Lipinski definition) is 5. The van der Waals surface area contributed by atoms with Gasteiger partial charge in [-0.1, -0.05) is 18.7 Å². The third-order valence-electron chi connectivity index (χ3n) is 3.29. The monoisotopic (exact) mass is 312 g/mol. The molecule has 7 heteroatoms. The van der Waals surface area contributed by atoms with Crippen LogP contribution in [0.2, 0.25) is 0 Å². The van der Waals surface area contributed by atoms with Crippen LogP contribution in [0.4, 0.5) is 0 Å². The van der Waals surface area contributed by atoms with Crippen LogP contribution in [0.1, 0.15) is 36.0 Å². The maximum Gasteiger partial charge on any atom is 0.343 e. The molecule has 0 fully saturated rings. The van der Waals surface area contributed by atoms with E-state index in [9.17, 15) is 4.79 Å². The number of rotatable bonds is 6. The fourth-order valence-electron chi connectivity index (χ4n) is 2.01. The minimum Gasteiger partial charge on any atom is -0.326 e. The number of nitrogens with one attached hydrogen (secondary N) is 1. The molecule has 2 aromatic heterocycles. The third-order valence-corrected chi connectivity index (χ3v) is 5.91. The number of thiophene rings is 1. The molecule has 0 amide bonds. The molecular formula is C13H20N4OS2. The van der Waals surface area contributed by atoms with Gasteiger partial charge in [0.1, 0.15) is 0 Å². The van der Waals surface area contributed by atoms with Crippen molar-refractivity contribution < 1.29 is 0 Å². The van der Waals surface area contributed by atoms with Crippen molar-refractivity contribution in [1.29, 1.82) is 0 Å². The van der Waals surface area contributed by atoms with E-state index in [2.05, 4.69) is 35.5 Å². The summed E-state index contributed by atoms with van der Waals surface area (Å²) < 4.78 is 1.64. The Morgan fingerprint density at radius 2 is 2.30 bits per heavy atom. The molecule has 0 saturated carbocycles. The summed E-state index contributed by atoms with van der Waals surface area (Å²) in [6.07, 6.45) is 0.885. The first-order valence-electron chi connectivity index (χ1n) is 6.69. The van der Waals surface area contributed by atoms with Gasteiger partial charge in [0.2, 0.25) is 0 Å². The maximum absolute atomic E-state index is 11.6. The molecule has 2 aromatic rings. The van der Waals surface area contributed by atoms with E-state index in [0.717, 1.165) is 6.42 Å². The zero-order valence-electron chi connectivity index (χ0n) is 11.9. The van der Waals surface area contributed by atoms with Crippen LogP contribution < -0.4 is 11.4 Å². The molecule has 2 atom stereocenters. The smallest absolute Gasteiger partial charge is 0.326 e. The van der Waals surface area contributed by atoms with Gasteiger partial charge in [-0.3, -0.25) is 4.57 Å². The van der Waals surface area contributed by atoms with E-state index < -0.39 is 0 Å². The summed E-state index contributed by atoms with van der Waals surface area (Å²) >= 11 is 3.29. The van der Waals surface area contributed by atoms with Gasteiger partial charge in [0.05, 0.1) is 5.25 Å². The fourth-order valence-corrected chi connectivity index (χ4v) is 4.63. The molecule has 0 aliphatic carbocycles. The first kappa shape index (κ1) is 15.3. The molecule has 5 nitrogen and oxygen atoms in total. The van der Waals surface area contributed by atoms with Gasteiger partial charge in [0.15, 0.2) is 5.16 Å². The van der Waals surface area contributed by atoms with Crippen molar-refractivity contribution in [3.8, 4) is 0 Å². The number of nitrogens with zero attached hydrogens (tertiary/aromatic N) is 2. The zero-order valence-corrected chi connectivity index (χ0v) is 13.6. The van der Waals surface area contributed by atoms with E-state index in [1.165, 1.54) is 10.4 Å². The highest BCUT2D eigenvalue weighted by atomic mass is 32.2. The number of H-pyrrole nitrogens is 1. The number of aryl methyl sites for hydroxylation is 1. The Kier molecular flexibility index (Phi) is 5.06. The Morgan fingerprint density at radius 1 is 1.55 bits per heavy atom. The first-order valence-corrected chi connectivity index (χ1v) is 8.45. The molecule has 0 radical (unpaired) electrons. The molecule has 3 N–H and O–H groups in total. The van der Waals surface area contributed by atoms with Crippen LogP contribution >= 0.6 is 23.1 Å². The van der Waals surface area contributed by atoms with Gasteiger partial charge in [-0.2, -0.15) is 0 Å². The zero-order chi connectivity index (χ0) is 14.7. The van der Waals surface area contributed by atoms with Gasteiger partial charge in [-0.25, -0.2) is 9.89 Å². The second-order valence-electron chi connectivity index (χ2n) is 4.63. The molecule has 0 aliphatic heterocycles. The summed E-state index contributed by atoms with van der Waals surface area (Å²) in [7, 11) is 0. The molecule has 0 spiro atoms. The van der Waals surface area contributed by atoms with Gasteiger partial charge in [0.25, 0.3) is 0 Å². The second kappa shape index (κ2) is 6.60. The van der Waals surface area contributed by atoms with E-state index in [4.69, 9.17) is 5.73 Å². The predicted molar refractivity (Wildman–Crippen MR) is 84.4 cm³/mol. The SMILES string of the molecule is CCC(N)C(Sc1n[nH]c(=O)n1CC)c1sccc1C. The maximum atomic E-state index is 11.6. The Balaban J connectivity index is 2.34. The molecule has 2 heterocycles. The lowest BCUT2D eigenvalue weighted by molar-refractivity contribution is 0.625. The molecule has 110 valence electrons. The standard InChI is InChI=1S/C13H20N4OS2/c1-4-9(14)11(10-8(3)6-7-19-10)20-13-16-15-12(18)17(13)5-2/h6-7,9,11H,4-5,14H2,1-3H3,(H,15,18). The highest BCUT2D eigenvalue weighted by Crippen LogP contribution is 2.40. The van der Waals surface area contributed by atoms with Crippen molar-refractivity contribution in [1.82, 2.24) is 14.8 Å². The van der Waals surface area contributed by atoms with Crippen molar-refractivity contribution in [2.45, 2.75) is 50.2 Å².